The molecule has 0 aromatic heterocycles. The summed E-state index contributed by atoms with van der Waals surface area (Å²) < 4.78 is 27.7. The molecule has 1 aromatic carbocycles. The van der Waals surface area contributed by atoms with Crippen LogP contribution in [0.3, 0.4) is 0 Å². The molecule has 3 fully saturated rings. The van der Waals surface area contributed by atoms with E-state index in [0.29, 0.717) is 23.6 Å². The molecule has 5 heteroatoms. The van der Waals surface area contributed by atoms with Gasteiger partial charge in [-0.1, -0.05) is 24.1 Å². The van der Waals surface area contributed by atoms with Crippen molar-refractivity contribution in [1.82, 2.24) is 4.31 Å². The smallest absolute Gasteiger partial charge is 0.243 e. The molecule has 22 heavy (non-hydrogen) atoms. The average molecular weight is 319 g/mol. The van der Waals surface area contributed by atoms with Crippen LogP contribution in [0.5, 0.6) is 0 Å². The first-order valence-electron chi connectivity index (χ1n) is 8.10. The lowest BCUT2D eigenvalue weighted by Crippen LogP contribution is -2.42. The molecule has 4 rings (SSSR count). The summed E-state index contributed by atoms with van der Waals surface area (Å²) in [6, 6.07) is 7.11. The summed E-state index contributed by atoms with van der Waals surface area (Å²) in [5, 5.41) is 0. The highest BCUT2D eigenvalue weighted by Crippen LogP contribution is 2.51. The van der Waals surface area contributed by atoms with Crippen LogP contribution in [0.1, 0.15) is 31.2 Å². The van der Waals surface area contributed by atoms with Crippen LogP contribution in [-0.2, 0) is 14.8 Å². The fraction of sp³-hybridized carbons (Fsp3) is 0.588. The molecule has 118 valence electrons. The Hall–Kier alpha value is -1.20. The minimum Gasteiger partial charge on any atom is -0.299 e. The van der Waals surface area contributed by atoms with Crippen LogP contribution in [-0.4, -0.2) is 31.1 Å². The van der Waals surface area contributed by atoms with Crippen molar-refractivity contribution in [2.75, 3.05) is 6.54 Å². The number of sulfonamides is 1. The van der Waals surface area contributed by atoms with E-state index < -0.39 is 10.0 Å². The zero-order chi connectivity index (χ0) is 15.5. The van der Waals surface area contributed by atoms with Crippen molar-refractivity contribution in [2.45, 2.75) is 43.5 Å². The van der Waals surface area contributed by atoms with E-state index in [0.717, 1.165) is 24.8 Å². The second-order valence-electron chi connectivity index (χ2n) is 7.00. The van der Waals surface area contributed by atoms with Gasteiger partial charge >= 0.3 is 0 Å². The molecule has 1 saturated heterocycles. The molecular formula is C17H21NO3S. The van der Waals surface area contributed by atoms with Crippen LogP contribution in [0.4, 0.5) is 0 Å². The van der Waals surface area contributed by atoms with Crippen molar-refractivity contribution in [2.24, 2.45) is 17.8 Å². The van der Waals surface area contributed by atoms with E-state index in [1.807, 2.05) is 19.1 Å². The Morgan fingerprint density at radius 1 is 1.14 bits per heavy atom. The number of carbonyl (C=O) groups excluding carboxylic acids is 1. The first kappa shape index (κ1) is 14.4. The van der Waals surface area contributed by atoms with Gasteiger partial charge in [-0.15, -0.1) is 0 Å². The molecule has 0 spiro atoms. The maximum atomic E-state index is 13.0. The molecule has 0 bridgehead atoms. The maximum Gasteiger partial charge on any atom is 0.243 e. The molecule has 2 saturated carbocycles. The summed E-state index contributed by atoms with van der Waals surface area (Å²) in [4.78, 5) is 12.5. The summed E-state index contributed by atoms with van der Waals surface area (Å²) in [6.45, 7) is 2.47. The van der Waals surface area contributed by atoms with Gasteiger partial charge < -0.3 is 0 Å². The number of ketones is 1. The highest BCUT2D eigenvalue weighted by Gasteiger charge is 2.56. The van der Waals surface area contributed by atoms with Gasteiger partial charge in [0.1, 0.15) is 5.78 Å². The highest BCUT2D eigenvalue weighted by molar-refractivity contribution is 7.89. The van der Waals surface area contributed by atoms with Crippen molar-refractivity contribution < 1.29 is 13.2 Å². The Balaban J connectivity index is 1.69. The Bertz CT molecular complexity index is 710. The Labute approximate surface area is 131 Å². The number of nitrogens with zero attached hydrogens (tertiary/aromatic N) is 1. The molecule has 1 unspecified atom stereocenters. The number of rotatable bonds is 2. The van der Waals surface area contributed by atoms with E-state index in [1.165, 1.54) is 0 Å². The predicted molar refractivity (Wildman–Crippen MR) is 82.8 cm³/mol. The fourth-order valence-electron chi connectivity index (χ4n) is 4.77. The number of aryl methyl sites for hydroxylation is 1. The first-order valence-corrected chi connectivity index (χ1v) is 9.54. The first-order chi connectivity index (χ1) is 10.5. The van der Waals surface area contributed by atoms with Crippen molar-refractivity contribution in [1.29, 1.82) is 0 Å². The topological polar surface area (TPSA) is 54.5 Å². The monoisotopic (exact) mass is 319 g/mol. The minimum atomic E-state index is -3.44. The van der Waals surface area contributed by atoms with Crippen molar-refractivity contribution in [3.63, 3.8) is 0 Å². The van der Waals surface area contributed by atoms with E-state index in [9.17, 15) is 13.2 Å². The number of Topliss-reactive ketones (excluding diaryl/α,β-unsaturated/α-hetero) is 1. The maximum absolute atomic E-state index is 13.0. The summed E-state index contributed by atoms with van der Waals surface area (Å²) in [6.07, 6.45) is 3.39. The van der Waals surface area contributed by atoms with Crippen LogP contribution >= 0.6 is 0 Å². The van der Waals surface area contributed by atoms with Crippen molar-refractivity contribution in [3.05, 3.63) is 29.8 Å². The summed E-state index contributed by atoms with van der Waals surface area (Å²) in [5.74, 6) is 0.985. The van der Waals surface area contributed by atoms with Crippen LogP contribution in [0, 0.1) is 24.7 Å². The van der Waals surface area contributed by atoms with Gasteiger partial charge in [0.25, 0.3) is 0 Å². The Morgan fingerprint density at radius 3 is 2.59 bits per heavy atom. The second kappa shape index (κ2) is 4.90. The van der Waals surface area contributed by atoms with Gasteiger partial charge in [0.15, 0.2) is 0 Å². The van der Waals surface area contributed by atoms with Crippen LogP contribution in [0.15, 0.2) is 29.2 Å². The molecule has 0 amide bonds. The zero-order valence-corrected chi connectivity index (χ0v) is 13.6. The summed E-state index contributed by atoms with van der Waals surface area (Å²) >= 11 is 0. The molecule has 0 radical (unpaired) electrons. The normalized spacial score (nSPS) is 34.9. The SMILES string of the molecule is Cc1ccc(S(=O)(=O)N2CC3CC(=O)[C@@H]4CCC[C@H]2[C@H]34)cc1. The fourth-order valence-corrected chi connectivity index (χ4v) is 6.52. The third-order valence-electron chi connectivity index (χ3n) is 5.76. The Kier molecular flexibility index (Phi) is 3.20. The third kappa shape index (κ3) is 1.98. The lowest BCUT2D eigenvalue weighted by molar-refractivity contribution is -0.122. The van der Waals surface area contributed by atoms with Crippen LogP contribution in [0.2, 0.25) is 0 Å². The molecule has 4 nitrogen and oxygen atoms in total. The van der Waals surface area contributed by atoms with Crippen molar-refractivity contribution >= 4 is 15.8 Å². The summed E-state index contributed by atoms with van der Waals surface area (Å²) in [7, 11) is -3.44. The number of carbonyl (C=O) groups is 1. The zero-order valence-electron chi connectivity index (χ0n) is 12.7. The second-order valence-corrected chi connectivity index (χ2v) is 8.89. The van der Waals surface area contributed by atoms with Gasteiger partial charge in [-0.05, 0) is 43.7 Å². The van der Waals surface area contributed by atoms with Crippen molar-refractivity contribution in [3.8, 4) is 0 Å². The predicted octanol–water partition coefficient (Wildman–Crippen LogP) is 2.37. The molecule has 1 aromatic rings. The Morgan fingerprint density at radius 2 is 1.86 bits per heavy atom. The van der Waals surface area contributed by atoms with E-state index in [4.69, 9.17) is 0 Å². The largest absolute Gasteiger partial charge is 0.299 e. The molecule has 4 atom stereocenters. The van der Waals surface area contributed by atoms with E-state index in [-0.39, 0.29) is 23.8 Å². The number of hydrogen-bond donors (Lipinski definition) is 0. The number of hydrogen-bond acceptors (Lipinski definition) is 3. The van der Waals surface area contributed by atoms with Gasteiger partial charge in [0.2, 0.25) is 10.0 Å². The van der Waals surface area contributed by atoms with Crippen LogP contribution < -0.4 is 0 Å². The highest BCUT2D eigenvalue weighted by atomic mass is 32.2. The molecule has 2 aliphatic carbocycles. The van der Waals surface area contributed by atoms with E-state index in [2.05, 4.69) is 0 Å². The average Bonchev–Trinajstić information content (AvgIpc) is 3.02. The molecule has 1 aliphatic heterocycles. The molecule has 0 N–H and O–H groups in total. The lowest BCUT2D eigenvalue weighted by Gasteiger charge is -2.34. The van der Waals surface area contributed by atoms with Gasteiger partial charge in [0.05, 0.1) is 4.90 Å². The number of benzene rings is 1. The quantitative estimate of drug-likeness (QED) is 0.841. The van der Waals surface area contributed by atoms with Gasteiger partial charge in [-0.3, -0.25) is 4.79 Å². The standard InChI is InChI=1S/C17H21NO3S/c1-11-5-7-13(8-6-11)22(20,21)18-10-12-9-16(19)14-3-2-4-15(18)17(12)14/h5-8,12,14-15,17H,2-4,9-10H2,1H3/t12?,14-,15-,17+/m0/s1. The lowest BCUT2D eigenvalue weighted by atomic mass is 9.77. The van der Waals surface area contributed by atoms with E-state index in [1.54, 1.807) is 16.4 Å². The molecular weight excluding hydrogens is 298 g/mol. The van der Waals surface area contributed by atoms with E-state index >= 15 is 0 Å². The minimum absolute atomic E-state index is 0.0292. The third-order valence-corrected chi connectivity index (χ3v) is 7.66. The molecule has 3 aliphatic rings. The summed E-state index contributed by atoms with van der Waals surface area (Å²) in [5.41, 5.74) is 1.06. The van der Waals surface area contributed by atoms with Gasteiger partial charge in [-0.25, -0.2) is 8.42 Å². The van der Waals surface area contributed by atoms with Crippen LogP contribution in [0.25, 0.3) is 0 Å². The molecule has 1 heterocycles. The van der Waals surface area contributed by atoms with Gasteiger partial charge in [0, 0.05) is 24.9 Å². The van der Waals surface area contributed by atoms with Gasteiger partial charge in [-0.2, -0.15) is 4.31 Å².